The molecular formula is C25H33N3O3. The topological polar surface area (TPSA) is 59.8 Å². The zero-order chi connectivity index (χ0) is 22.2. The molecule has 0 saturated heterocycles. The molecule has 0 unspecified atom stereocenters. The SMILES string of the molecule is CCc1nn(-c2ccccc2)c(Oc2ccc(C)cc2)c1CN(CCOC)C[C@H](C)O. The second kappa shape index (κ2) is 11.1. The van der Waals surface area contributed by atoms with Gasteiger partial charge in [0.1, 0.15) is 5.75 Å². The van der Waals surface area contributed by atoms with Gasteiger partial charge in [-0.2, -0.15) is 5.10 Å². The number of aryl methyl sites for hydroxylation is 2. The third kappa shape index (κ3) is 6.17. The summed E-state index contributed by atoms with van der Waals surface area (Å²) < 4.78 is 13.6. The molecule has 3 rings (SSSR count). The molecule has 1 atom stereocenters. The molecule has 0 aliphatic heterocycles. The van der Waals surface area contributed by atoms with Crippen molar-refractivity contribution < 1.29 is 14.6 Å². The number of ether oxygens (including phenoxy) is 2. The molecule has 31 heavy (non-hydrogen) atoms. The first-order valence-corrected chi connectivity index (χ1v) is 10.8. The maximum Gasteiger partial charge on any atom is 0.227 e. The maximum absolute atomic E-state index is 10.0. The van der Waals surface area contributed by atoms with E-state index in [1.165, 1.54) is 5.56 Å². The minimum Gasteiger partial charge on any atom is -0.439 e. The van der Waals surface area contributed by atoms with Gasteiger partial charge in [0.15, 0.2) is 0 Å². The summed E-state index contributed by atoms with van der Waals surface area (Å²) in [6.07, 6.45) is 0.347. The van der Waals surface area contributed by atoms with Gasteiger partial charge in [-0.15, -0.1) is 0 Å². The smallest absolute Gasteiger partial charge is 0.227 e. The highest BCUT2D eigenvalue weighted by Crippen LogP contribution is 2.32. The van der Waals surface area contributed by atoms with E-state index < -0.39 is 6.10 Å². The van der Waals surface area contributed by atoms with Gasteiger partial charge >= 0.3 is 0 Å². The summed E-state index contributed by atoms with van der Waals surface area (Å²) in [5, 5.41) is 14.9. The van der Waals surface area contributed by atoms with Gasteiger partial charge in [-0.3, -0.25) is 4.90 Å². The van der Waals surface area contributed by atoms with Crippen LogP contribution >= 0.6 is 0 Å². The highest BCUT2D eigenvalue weighted by molar-refractivity contribution is 5.44. The van der Waals surface area contributed by atoms with Crippen LogP contribution in [0.3, 0.4) is 0 Å². The molecular weight excluding hydrogens is 390 g/mol. The van der Waals surface area contributed by atoms with E-state index in [2.05, 4.69) is 18.7 Å². The number of para-hydroxylation sites is 1. The summed E-state index contributed by atoms with van der Waals surface area (Å²) in [6, 6.07) is 18.1. The van der Waals surface area contributed by atoms with Crippen LogP contribution in [0.25, 0.3) is 5.69 Å². The molecule has 1 N–H and O–H groups in total. The van der Waals surface area contributed by atoms with Crippen LogP contribution in [0.15, 0.2) is 54.6 Å². The minimum atomic E-state index is -0.437. The predicted octanol–water partition coefficient (Wildman–Crippen LogP) is 4.36. The van der Waals surface area contributed by atoms with Crippen molar-refractivity contribution >= 4 is 0 Å². The van der Waals surface area contributed by atoms with Crippen molar-refractivity contribution in [3.8, 4) is 17.3 Å². The lowest BCUT2D eigenvalue weighted by Gasteiger charge is -2.24. The Bertz CT molecular complexity index is 937. The van der Waals surface area contributed by atoms with E-state index in [0.29, 0.717) is 32.1 Å². The van der Waals surface area contributed by atoms with Gasteiger partial charge in [0, 0.05) is 26.7 Å². The van der Waals surface area contributed by atoms with E-state index in [1.807, 2.05) is 59.3 Å². The Kier molecular flexibility index (Phi) is 8.23. The predicted molar refractivity (Wildman–Crippen MR) is 123 cm³/mol. The molecule has 166 valence electrons. The fourth-order valence-corrected chi connectivity index (χ4v) is 3.54. The van der Waals surface area contributed by atoms with Crippen LogP contribution in [0, 0.1) is 6.92 Å². The van der Waals surface area contributed by atoms with Gasteiger partial charge in [0.05, 0.1) is 29.7 Å². The van der Waals surface area contributed by atoms with E-state index in [1.54, 1.807) is 14.0 Å². The summed E-state index contributed by atoms with van der Waals surface area (Å²) in [5.74, 6) is 1.48. The lowest BCUT2D eigenvalue weighted by atomic mass is 10.1. The first kappa shape index (κ1) is 23.0. The largest absolute Gasteiger partial charge is 0.439 e. The molecule has 0 aliphatic rings. The highest BCUT2D eigenvalue weighted by Gasteiger charge is 2.23. The van der Waals surface area contributed by atoms with Crippen LogP contribution in [-0.4, -0.2) is 52.7 Å². The van der Waals surface area contributed by atoms with Crippen LogP contribution in [0.4, 0.5) is 0 Å². The number of nitrogens with zero attached hydrogens (tertiary/aromatic N) is 3. The molecule has 0 bridgehead atoms. The molecule has 6 nitrogen and oxygen atoms in total. The maximum atomic E-state index is 10.0. The Morgan fingerprint density at radius 3 is 2.42 bits per heavy atom. The summed E-state index contributed by atoms with van der Waals surface area (Å²) in [4.78, 5) is 2.18. The number of methoxy groups -OCH3 is 1. The molecule has 0 saturated carbocycles. The Labute approximate surface area is 185 Å². The van der Waals surface area contributed by atoms with E-state index in [-0.39, 0.29) is 0 Å². The highest BCUT2D eigenvalue weighted by atomic mass is 16.5. The van der Waals surface area contributed by atoms with E-state index in [9.17, 15) is 5.11 Å². The first-order chi connectivity index (χ1) is 15.0. The zero-order valence-electron chi connectivity index (χ0n) is 18.9. The number of hydrogen-bond acceptors (Lipinski definition) is 5. The van der Waals surface area contributed by atoms with Gasteiger partial charge in [0.25, 0.3) is 0 Å². The number of aromatic nitrogens is 2. The van der Waals surface area contributed by atoms with Crippen LogP contribution in [-0.2, 0) is 17.7 Å². The molecule has 6 heteroatoms. The van der Waals surface area contributed by atoms with E-state index >= 15 is 0 Å². The molecule has 0 fully saturated rings. The zero-order valence-corrected chi connectivity index (χ0v) is 18.9. The van der Waals surface area contributed by atoms with Crippen molar-refractivity contribution in [1.29, 1.82) is 0 Å². The molecule has 0 amide bonds. The lowest BCUT2D eigenvalue weighted by Crippen LogP contribution is -2.33. The molecule has 2 aromatic carbocycles. The van der Waals surface area contributed by atoms with Crippen LogP contribution < -0.4 is 4.74 Å². The fourth-order valence-electron chi connectivity index (χ4n) is 3.54. The fraction of sp³-hybridized carbons (Fsp3) is 0.400. The third-order valence-electron chi connectivity index (χ3n) is 5.11. The second-order valence-corrected chi connectivity index (χ2v) is 7.82. The van der Waals surface area contributed by atoms with Gasteiger partial charge in [-0.05, 0) is 44.5 Å². The van der Waals surface area contributed by atoms with Crippen molar-refractivity contribution in [2.45, 2.75) is 39.8 Å². The van der Waals surface area contributed by atoms with Crippen molar-refractivity contribution in [2.75, 3.05) is 26.8 Å². The van der Waals surface area contributed by atoms with Gasteiger partial charge in [-0.25, -0.2) is 4.68 Å². The summed E-state index contributed by atoms with van der Waals surface area (Å²) in [7, 11) is 1.69. The summed E-state index contributed by atoms with van der Waals surface area (Å²) in [6.45, 7) is 8.43. The third-order valence-corrected chi connectivity index (χ3v) is 5.11. The van der Waals surface area contributed by atoms with Crippen molar-refractivity contribution in [1.82, 2.24) is 14.7 Å². The van der Waals surface area contributed by atoms with E-state index in [4.69, 9.17) is 14.6 Å². The number of aliphatic hydroxyl groups is 1. The van der Waals surface area contributed by atoms with Gasteiger partial charge < -0.3 is 14.6 Å². The average Bonchev–Trinajstić information content (AvgIpc) is 3.11. The van der Waals surface area contributed by atoms with Crippen molar-refractivity contribution in [2.24, 2.45) is 0 Å². The second-order valence-electron chi connectivity index (χ2n) is 7.82. The monoisotopic (exact) mass is 423 g/mol. The Balaban J connectivity index is 2.04. The molecule has 1 heterocycles. The Morgan fingerprint density at radius 1 is 1.10 bits per heavy atom. The molecule has 0 radical (unpaired) electrons. The van der Waals surface area contributed by atoms with Gasteiger partial charge in [0.2, 0.25) is 5.88 Å². The standard InChI is InChI=1S/C25H33N3O3/c1-5-24-23(18-27(15-16-30-4)17-20(3)29)25(31-22-13-11-19(2)12-14-22)28(26-24)21-9-7-6-8-10-21/h6-14,20,29H,5,15-18H2,1-4H3/t20-/m0/s1. The normalized spacial score (nSPS) is 12.3. The van der Waals surface area contributed by atoms with Gasteiger partial charge in [-0.1, -0.05) is 42.8 Å². The number of aliphatic hydroxyl groups excluding tert-OH is 1. The van der Waals surface area contributed by atoms with Crippen molar-refractivity contribution in [3.05, 3.63) is 71.4 Å². The van der Waals surface area contributed by atoms with Crippen LogP contribution in [0.1, 0.15) is 30.7 Å². The Morgan fingerprint density at radius 2 is 1.81 bits per heavy atom. The number of rotatable bonds is 11. The summed E-state index contributed by atoms with van der Waals surface area (Å²) >= 11 is 0. The van der Waals surface area contributed by atoms with E-state index in [0.717, 1.165) is 29.1 Å². The lowest BCUT2D eigenvalue weighted by molar-refractivity contribution is 0.0934. The molecule has 3 aromatic rings. The first-order valence-electron chi connectivity index (χ1n) is 10.8. The van der Waals surface area contributed by atoms with Crippen LogP contribution in [0.2, 0.25) is 0 Å². The van der Waals surface area contributed by atoms with Crippen LogP contribution in [0.5, 0.6) is 11.6 Å². The Hall–Kier alpha value is -2.67. The molecule has 0 aliphatic carbocycles. The minimum absolute atomic E-state index is 0.437. The van der Waals surface area contributed by atoms with Crippen molar-refractivity contribution in [3.63, 3.8) is 0 Å². The molecule has 1 aromatic heterocycles. The number of hydrogen-bond donors (Lipinski definition) is 1. The average molecular weight is 424 g/mol. The molecule has 0 spiro atoms. The quantitative estimate of drug-likeness (QED) is 0.496. The summed E-state index contributed by atoms with van der Waals surface area (Å²) in [5.41, 5.74) is 4.15. The number of benzene rings is 2.